The molecule has 5 heteroatoms. The van der Waals surface area contributed by atoms with Crippen LogP contribution in [-0.2, 0) is 4.74 Å². The van der Waals surface area contributed by atoms with Gasteiger partial charge < -0.3 is 9.84 Å². The third-order valence-electron chi connectivity index (χ3n) is 2.93. The number of benzene rings is 1. The Bertz CT molecular complexity index is 408. The van der Waals surface area contributed by atoms with Crippen molar-refractivity contribution in [1.82, 2.24) is 0 Å². The molecule has 2 unspecified atom stereocenters. The number of aliphatic hydroxyl groups is 1. The third-order valence-corrected chi connectivity index (χ3v) is 4.19. The van der Waals surface area contributed by atoms with E-state index in [1.165, 1.54) is 0 Å². The average Bonchev–Trinajstić information content (AvgIpc) is 2.78. The summed E-state index contributed by atoms with van der Waals surface area (Å²) in [6.45, 7) is 0.723. The topological polar surface area (TPSA) is 29.5 Å². The van der Waals surface area contributed by atoms with Crippen molar-refractivity contribution in [2.75, 3.05) is 6.61 Å². The molecule has 1 N–H and O–H groups in total. The summed E-state index contributed by atoms with van der Waals surface area (Å²) in [5.41, 5.74) is 0.230. The Balaban J connectivity index is 2.13. The third kappa shape index (κ3) is 2.99. The minimum atomic E-state index is -0.872. The van der Waals surface area contributed by atoms with Crippen molar-refractivity contribution in [3.63, 3.8) is 0 Å². The van der Waals surface area contributed by atoms with Gasteiger partial charge in [-0.3, -0.25) is 0 Å². The van der Waals surface area contributed by atoms with Gasteiger partial charge in [0.15, 0.2) is 0 Å². The standard InChI is InChI=1S/C12H13BrClFO2/c13-9-4-3-8(12(15)11(9)14)10(16)6-7-2-1-5-17-7/h3-4,7,10,16H,1-2,5-6H2. The molecule has 2 rings (SSSR count). The maximum atomic E-state index is 13.8. The van der Waals surface area contributed by atoms with E-state index in [-0.39, 0.29) is 16.7 Å². The Kier molecular flexibility index (Phi) is 4.42. The highest BCUT2D eigenvalue weighted by molar-refractivity contribution is 9.10. The molecule has 1 fully saturated rings. The van der Waals surface area contributed by atoms with Crippen molar-refractivity contribution < 1.29 is 14.2 Å². The van der Waals surface area contributed by atoms with Gasteiger partial charge in [0.05, 0.1) is 17.2 Å². The zero-order chi connectivity index (χ0) is 12.4. The molecule has 0 bridgehead atoms. The Hall–Kier alpha value is -0.160. The molecule has 0 aliphatic carbocycles. The monoisotopic (exact) mass is 322 g/mol. The second-order valence-corrected chi connectivity index (χ2v) is 5.38. The highest BCUT2D eigenvalue weighted by Gasteiger charge is 2.23. The lowest BCUT2D eigenvalue weighted by Crippen LogP contribution is -2.12. The molecule has 17 heavy (non-hydrogen) atoms. The van der Waals surface area contributed by atoms with Gasteiger partial charge in [0.1, 0.15) is 5.82 Å². The first kappa shape index (κ1) is 13.3. The summed E-state index contributed by atoms with van der Waals surface area (Å²) in [7, 11) is 0. The van der Waals surface area contributed by atoms with Crippen LogP contribution < -0.4 is 0 Å². The molecule has 1 aromatic carbocycles. The maximum Gasteiger partial charge on any atom is 0.148 e. The first-order valence-electron chi connectivity index (χ1n) is 5.52. The summed E-state index contributed by atoms with van der Waals surface area (Å²) < 4.78 is 19.7. The van der Waals surface area contributed by atoms with Crippen molar-refractivity contribution in [1.29, 1.82) is 0 Å². The van der Waals surface area contributed by atoms with Crippen LogP contribution in [0.3, 0.4) is 0 Å². The van der Waals surface area contributed by atoms with E-state index in [4.69, 9.17) is 16.3 Å². The highest BCUT2D eigenvalue weighted by atomic mass is 79.9. The average molecular weight is 324 g/mol. The van der Waals surface area contributed by atoms with Crippen LogP contribution in [0, 0.1) is 5.82 Å². The van der Waals surface area contributed by atoms with Gasteiger partial charge >= 0.3 is 0 Å². The van der Waals surface area contributed by atoms with Crippen LogP contribution >= 0.6 is 27.5 Å². The zero-order valence-electron chi connectivity index (χ0n) is 9.13. The minimum absolute atomic E-state index is 0.00823. The molecular weight excluding hydrogens is 310 g/mol. The molecule has 0 saturated carbocycles. The first-order chi connectivity index (χ1) is 8.09. The van der Waals surface area contributed by atoms with E-state index < -0.39 is 11.9 Å². The van der Waals surface area contributed by atoms with Gasteiger partial charge in [-0.25, -0.2) is 4.39 Å². The van der Waals surface area contributed by atoms with E-state index in [1.807, 2.05) is 0 Å². The Morgan fingerprint density at radius 1 is 1.59 bits per heavy atom. The van der Waals surface area contributed by atoms with Crippen molar-refractivity contribution >= 4 is 27.5 Å². The molecule has 1 aliphatic rings. The van der Waals surface area contributed by atoms with Crippen LogP contribution in [0.5, 0.6) is 0 Å². The molecule has 0 spiro atoms. The summed E-state index contributed by atoms with van der Waals surface area (Å²) in [5.74, 6) is -0.563. The van der Waals surface area contributed by atoms with E-state index in [0.717, 1.165) is 19.4 Å². The van der Waals surface area contributed by atoms with Gasteiger partial charge in [-0.1, -0.05) is 17.7 Å². The Morgan fingerprint density at radius 3 is 3.00 bits per heavy atom. The maximum absolute atomic E-state index is 13.8. The van der Waals surface area contributed by atoms with Gasteiger partial charge in [0.2, 0.25) is 0 Å². The molecule has 2 nitrogen and oxygen atoms in total. The highest BCUT2D eigenvalue weighted by Crippen LogP contribution is 2.33. The van der Waals surface area contributed by atoms with Crippen LogP contribution in [0.15, 0.2) is 16.6 Å². The molecule has 2 atom stereocenters. The van der Waals surface area contributed by atoms with Gasteiger partial charge in [-0.15, -0.1) is 0 Å². The van der Waals surface area contributed by atoms with Crippen molar-refractivity contribution in [3.8, 4) is 0 Å². The summed E-state index contributed by atoms with van der Waals surface area (Å²) in [6.07, 6.45) is 1.48. The van der Waals surface area contributed by atoms with Crippen LogP contribution in [0.4, 0.5) is 4.39 Å². The second kappa shape index (κ2) is 5.65. The van der Waals surface area contributed by atoms with E-state index >= 15 is 0 Å². The van der Waals surface area contributed by atoms with Crippen molar-refractivity contribution in [2.24, 2.45) is 0 Å². The quantitative estimate of drug-likeness (QED) is 0.856. The molecule has 0 aromatic heterocycles. The summed E-state index contributed by atoms with van der Waals surface area (Å²) in [6, 6.07) is 3.18. The number of ether oxygens (including phenoxy) is 1. The SMILES string of the molecule is OC(CC1CCCO1)c1ccc(Br)c(Cl)c1F. The van der Waals surface area contributed by atoms with E-state index in [2.05, 4.69) is 15.9 Å². The predicted molar refractivity (Wildman–Crippen MR) is 67.7 cm³/mol. The Labute approximate surface area is 113 Å². The zero-order valence-corrected chi connectivity index (χ0v) is 11.5. The summed E-state index contributed by atoms with van der Waals surface area (Å²) >= 11 is 8.92. The predicted octanol–water partition coefficient (Wildman–Crippen LogP) is 3.84. The fraction of sp³-hybridized carbons (Fsp3) is 0.500. The first-order valence-corrected chi connectivity index (χ1v) is 6.69. The van der Waals surface area contributed by atoms with Crippen LogP contribution in [-0.4, -0.2) is 17.8 Å². The number of rotatable bonds is 3. The Morgan fingerprint density at radius 2 is 2.35 bits per heavy atom. The van der Waals surface area contributed by atoms with Crippen molar-refractivity contribution in [2.45, 2.75) is 31.5 Å². The summed E-state index contributed by atoms with van der Waals surface area (Å²) in [5, 5.41) is 9.99. The number of halogens is 3. The molecule has 1 saturated heterocycles. The smallest absolute Gasteiger partial charge is 0.148 e. The second-order valence-electron chi connectivity index (χ2n) is 4.15. The number of hydrogen-bond donors (Lipinski definition) is 1. The number of hydrogen-bond acceptors (Lipinski definition) is 2. The normalized spacial score (nSPS) is 21.8. The lowest BCUT2D eigenvalue weighted by Gasteiger charge is -2.16. The largest absolute Gasteiger partial charge is 0.388 e. The van der Waals surface area contributed by atoms with Crippen LogP contribution in [0.2, 0.25) is 5.02 Å². The lowest BCUT2D eigenvalue weighted by molar-refractivity contribution is 0.0522. The van der Waals surface area contributed by atoms with E-state index in [9.17, 15) is 9.50 Å². The van der Waals surface area contributed by atoms with Gasteiger partial charge in [-0.2, -0.15) is 0 Å². The van der Waals surface area contributed by atoms with Gasteiger partial charge in [0.25, 0.3) is 0 Å². The lowest BCUT2D eigenvalue weighted by atomic mass is 10.0. The molecular formula is C12H13BrClFO2. The summed E-state index contributed by atoms with van der Waals surface area (Å²) in [4.78, 5) is 0. The molecule has 1 heterocycles. The van der Waals surface area contributed by atoms with Gasteiger partial charge in [0, 0.05) is 23.1 Å². The molecule has 1 aliphatic heterocycles. The molecule has 0 radical (unpaired) electrons. The van der Waals surface area contributed by atoms with Crippen molar-refractivity contribution in [3.05, 3.63) is 33.0 Å². The minimum Gasteiger partial charge on any atom is -0.388 e. The fourth-order valence-electron chi connectivity index (χ4n) is 2.00. The molecule has 0 amide bonds. The van der Waals surface area contributed by atoms with Crippen LogP contribution in [0.1, 0.15) is 30.9 Å². The van der Waals surface area contributed by atoms with Gasteiger partial charge in [-0.05, 0) is 34.8 Å². The molecule has 94 valence electrons. The number of aliphatic hydroxyl groups excluding tert-OH is 1. The van der Waals surface area contributed by atoms with E-state index in [1.54, 1.807) is 12.1 Å². The molecule has 1 aromatic rings. The van der Waals surface area contributed by atoms with E-state index in [0.29, 0.717) is 10.9 Å². The van der Waals surface area contributed by atoms with Crippen LogP contribution in [0.25, 0.3) is 0 Å². The fourth-order valence-corrected chi connectivity index (χ4v) is 2.48.